The molecule has 214 valence electrons. The zero-order chi connectivity index (χ0) is 29.9. The number of hydrogen-bond acceptors (Lipinski definition) is 11. The van der Waals surface area contributed by atoms with E-state index in [1.165, 1.54) is 31.2 Å². The van der Waals surface area contributed by atoms with E-state index in [9.17, 15) is 27.0 Å². The molecule has 0 unspecified atom stereocenters. The van der Waals surface area contributed by atoms with Crippen LogP contribution in [0.4, 0.5) is 28.4 Å². The van der Waals surface area contributed by atoms with E-state index in [0.29, 0.717) is 33.4 Å². The van der Waals surface area contributed by atoms with Crippen molar-refractivity contribution in [3.8, 4) is 11.5 Å². The molecule has 4 rings (SSSR count). The van der Waals surface area contributed by atoms with Crippen LogP contribution in [-0.2, 0) is 19.7 Å². The predicted octanol–water partition coefficient (Wildman–Crippen LogP) is 7.02. The standard InChI is InChI=1S/C28H29N5O6S2/c1-5-40(36,37)18-7-11-22(17(3)15-18)30-33-27-20-9-14-25(28(35)21(20)10-13-24(27)29-4)32-31-23-12-8-19(16-26(23)34)41(38,39)6-2/h7-16,29,34-35H,5-6H2,1-4H3. The Bertz CT molecular complexity index is 1920. The molecule has 0 atom stereocenters. The minimum atomic E-state index is -3.50. The molecule has 0 aliphatic rings. The molecule has 0 amide bonds. The van der Waals surface area contributed by atoms with Gasteiger partial charge in [-0.1, -0.05) is 13.8 Å². The molecule has 0 saturated carbocycles. The van der Waals surface area contributed by atoms with Crippen LogP contribution in [0.2, 0.25) is 0 Å². The zero-order valence-corrected chi connectivity index (χ0v) is 24.5. The molecule has 4 aromatic rings. The van der Waals surface area contributed by atoms with E-state index in [-0.39, 0.29) is 44.2 Å². The van der Waals surface area contributed by atoms with Gasteiger partial charge in [-0.05, 0) is 67.1 Å². The van der Waals surface area contributed by atoms with Crippen molar-refractivity contribution in [3.63, 3.8) is 0 Å². The molecule has 3 N–H and O–H groups in total. The van der Waals surface area contributed by atoms with Gasteiger partial charge in [0.1, 0.15) is 22.8 Å². The van der Waals surface area contributed by atoms with Gasteiger partial charge in [-0.25, -0.2) is 16.8 Å². The number of fused-ring (bicyclic) bond motifs is 1. The van der Waals surface area contributed by atoms with Gasteiger partial charge in [-0.2, -0.15) is 5.11 Å². The first-order valence-corrected chi connectivity index (χ1v) is 15.9. The van der Waals surface area contributed by atoms with Crippen LogP contribution in [0.1, 0.15) is 19.4 Å². The topological polar surface area (TPSA) is 170 Å². The maximum Gasteiger partial charge on any atom is 0.178 e. The van der Waals surface area contributed by atoms with Gasteiger partial charge in [0, 0.05) is 23.9 Å². The third kappa shape index (κ3) is 6.05. The van der Waals surface area contributed by atoms with Crippen molar-refractivity contribution in [3.05, 3.63) is 66.2 Å². The average molecular weight is 596 g/mol. The smallest absolute Gasteiger partial charge is 0.178 e. The largest absolute Gasteiger partial charge is 0.506 e. The lowest BCUT2D eigenvalue weighted by Crippen LogP contribution is -2.03. The Morgan fingerprint density at radius 2 is 1.22 bits per heavy atom. The van der Waals surface area contributed by atoms with Crippen molar-refractivity contribution in [2.75, 3.05) is 23.9 Å². The molecule has 11 nitrogen and oxygen atoms in total. The molecule has 0 aliphatic heterocycles. The summed E-state index contributed by atoms with van der Waals surface area (Å²) >= 11 is 0. The van der Waals surface area contributed by atoms with Gasteiger partial charge in [0.25, 0.3) is 0 Å². The van der Waals surface area contributed by atoms with E-state index >= 15 is 0 Å². The Morgan fingerprint density at radius 1 is 0.683 bits per heavy atom. The van der Waals surface area contributed by atoms with E-state index < -0.39 is 19.7 Å². The summed E-state index contributed by atoms with van der Waals surface area (Å²) in [4.78, 5) is 0.198. The number of hydrogen-bond donors (Lipinski definition) is 3. The number of phenols is 2. The van der Waals surface area contributed by atoms with Gasteiger partial charge in [0.15, 0.2) is 25.4 Å². The van der Waals surface area contributed by atoms with Gasteiger partial charge < -0.3 is 15.5 Å². The van der Waals surface area contributed by atoms with Crippen molar-refractivity contribution in [2.45, 2.75) is 30.6 Å². The van der Waals surface area contributed by atoms with Crippen molar-refractivity contribution in [2.24, 2.45) is 20.5 Å². The van der Waals surface area contributed by atoms with Crippen LogP contribution >= 0.6 is 0 Å². The maximum absolute atomic E-state index is 12.2. The quantitative estimate of drug-likeness (QED) is 0.175. The summed E-state index contributed by atoms with van der Waals surface area (Å²) < 4.78 is 48.5. The third-order valence-electron chi connectivity index (χ3n) is 6.51. The van der Waals surface area contributed by atoms with Gasteiger partial charge >= 0.3 is 0 Å². The van der Waals surface area contributed by atoms with Gasteiger partial charge in [0.05, 0.1) is 32.7 Å². The summed E-state index contributed by atoms with van der Waals surface area (Å²) in [5.74, 6) is -0.651. The molecule has 4 aromatic carbocycles. The molecule has 0 bridgehead atoms. The van der Waals surface area contributed by atoms with Crippen LogP contribution in [0.3, 0.4) is 0 Å². The Hall–Kier alpha value is -4.36. The van der Waals surface area contributed by atoms with Crippen molar-refractivity contribution >= 4 is 58.9 Å². The number of nitrogens with one attached hydrogen (secondary N) is 1. The van der Waals surface area contributed by atoms with Crippen molar-refractivity contribution in [1.29, 1.82) is 0 Å². The van der Waals surface area contributed by atoms with Crippen LogP contribution in [0.15, 0.2) is 90.9 Å². The van der Waals surface area contributed by atoms with E-state index in [1.54, 1.807) is 51.2 Å². The number of benzene rings is 4. The van der Waals surface area contributed by atoms with E-state index in [4.69, 9.17) is 0 Å². The van der Waals surface area contributed by atoms with Gasteiger partial charge in [-0.3, -0.25) is 0 Å². The monoisotopic (exact) mass is 595 g/mol. The summed E-state index contributed by atoms with van der Waals surface area (Å²) in [6, 6.07) is 15.1. The van der Waals surface area contributed by atoms with Crippen molar-refractivity contribution < 1.29 is 27.0 Å². The molecule has 13 heteroatoms. The highest BCUT2D eigenvalue weighted by atomic mass is 32.2. The first kappa shape index (κ1) is 29.6. The number of nitrogens with zero attached hydrogens (tertiary/aromatic N) is 4. The molecule has 41 heavy (non-hydrogen) atoms. The normalized spacial score (nSPS) is 12.5. The lowest BCUT2D eigenvalue weighted by molar-refractivity contribution is 0.473. The lowest BCUT2D eigenvalue weighted by atomic mass is 10.1. The van der Waals surface area contributed by atoms with Crippen LogP contribution in [0, 0.1) is 6.92 Å². The third-order valence-corrected chi connectivity index (χ3v) is 9.97. The second-order valence-electron chi connectivity index (χ2n) is 9.05. The first-order valence-electron chi connectivity index (χ1n) is 12.6. The highest BCUT2D eigenvalue weighted by Crippen LogP contribution is 2.43. The minimum Gasteiger partial charge on any atom is -0.506 e. The van der Waals surface area contributed by atoms with Crippen LogP contribution in [0.5, 0.6) is 11.5 Å². The molecule has 0 spiro atoms. The van der Waals surface area contributed by atoms with Crippen LogP contribution in [0.25, 0.3) is 10.8 Å². The minimum absolute atomic E-state index is 0.00336. The molecule has 0 saturated heterocycles. The summed E-state index contributed by atoms with van der Waals surface area (Å²) in [5.41, 5.74) is 2.37. The fourth-order valence-corrected chi connectivity index (χ4v) is 5.88. The van der Waals surface area contributed by atoms with E-state index in [0.717, 1.165) is 6.07 Å². The SMILES string of the molecule is CCS(=O)(=O)c1ccc(N=Nc2c(NC)ccc3c(O)c(N=Nc4ccc(S(=O)(=O)CC)cc4O)ccc23)c(C)c1. The Morgan fingerprint density at radius 3 is 1.80 bits per heavy atom. The van der Waals surface area contributed by atoms with Gasteiger partial charge in [0.2, 0.25) is 0 Å². The number of aryl methyl sites for hydroxylation is 1. The van der Waals surface area contributed by atoms with E-state index in [2.05, 4.69) is 25.8 Å². The maximum atomic E-state index is 12.2. The Balaban J connectivity index is 1.71. The fourth-order valence-electron chi connectivity index (χ4n) is 4.01. The molecule has 0 radical (unpaired) electrons. The summed E-state index contributed by atoms with van der Waals surface area (Å²) in [7, 11) is -5.13. The van der Waals surface area contributed by atoms with Crippen LogP contribution in [-0.4, -0.2) is 45.6 Å². The van der Waals surface area contributed by atoms with Crippen molar-refractivity contribution in [1.82, 2.24) is 0 Å². The van der Waals surface area contributed by atoms with E-state index in [1.807, 2.05) is 0 Å². The molecule has 0 aliphatic carbocycles. The predicted molar refractivity (Wildman–Crippen MR) is 158 cm³/mol. The number of phenolic OH excluding ortho intramolecular Hbond substituents is 2. The number of rotatable bonds is 9. The molecular weight excluding hydrogens is 566 g/mol. The highest BCUT2D eigenvalue weighted by Gasteiger charge is 2.16. The fraction of sp³-hybridized carbons (Fsp3) is 0.214. The zero-order valence-electron chi connectivity index (χ0n) is 22.8. The molecule has 0 heterocycles. The summed E-state index contributed by atoms with van der Waals surface area (Å²) in [6.07, 6.45) is 0. The van der Waals surface area contributed by atoms with Crippen LogP contribution < -0.4 is 5.32 Å². The average Bonchev–Trinajstić information content (AvgIpc) is 2.96. The summed E-state index contributed by atoms with van der Waals surface area (Å²) in [6.45, 7) is 4.85. The number of sulfone groups is 2. The number of anilines is 1. The molecule has 0 aromatic heterocycles. The number of aromatic hydroxyl groups is 2. The number of azo groups is 2. The molecule has 0 fully saturated rings. The summed E-state index contributed by atoms with van der Waals surface area (Å²) in [5, 5.41) is 42.1. The lowest BCUT2D eigenvalue weighted by Gasteiger charge is -2.11. The second kappa shape index (κ2) is 11.6. The van der Waals surface area contributed by atoms with Gasteiger partial charge in [-0.15, -0.1) is 15.3 Å². The first-order chi connectivity index (χ1) is 19.4. The highest BCUT2D eigenvalue weighted by molar-refractivity contribution is 7.91. The molecular formula is C28H29N5O6S2. The second-order valence-corrected chi connectivity index (χ2v) is 13.6. The Kier molecular flexibility index (Phi) is 8.40. The Labute approximate surface area is 238 Å².